The number of piperidine rings is 1. The Balaban J connectivity index is 2.07. The maximum atomic E-state index is 12.5. The Bertz CT molecular complexity index is 289. The SMILES string of the molecule is CC(=O)N1CC2CCCC(C1)C2CC(F)(F)F. The Kier molecular flexibility index (Phi) is 3.36. The summed E-state index contributed by atoms with van der Waals surface area (Å²) < 4.78 is 37.6. The highest BCUT2D eigenvalue weighted by atomic mass is 19.4. The van der Waals surface area contributed by atoms with Crippen LogP contribution < -0.4 is 0 Å². The normalized spacial score (nSPS) is 33.6. The van der Waals surface area contributed by atoms with Gasteiger partial charge in [0.05, 0.1) is 0 Å². The number of rotatable bonds is 1. The third kappa shape index (κ3) is 2.93. The van der Waals surface area contributed by atoms with Crippen molar-refractivity contribution in [3.63, 3.8) is 0 Å². The van der Waals surface area contributed by atoms with E-state index in [9.17, 15) is 18.0 Å². The van der Waals surface area contributed by atoms with E-state index >= 15 is 0 Å². The summed E-state index contributed by atoms with van der Waals surface area (Å²) in [4.78, 5) is 13.0. The second-order valence-electron chi connectivity index (χ2n) is 5.36. The number of carbonyl (C=O) groups excluding carboxylic acids is 1. The molecule has 2 aliphatic rings. The van der Waals surface area contributed by atoms with Crippen molar-refractivity contribution in [3.8, 4) is 0 Å². The van der Waals surface area contributed by atoms with Gasteiger partial charge in [0.1, 0.15) is 0 Å². The molecule has 2 unspecified atom stereocenters. The van der Waals surface area contributed by atoms with Gasteiger partial charge in [0.25, 0.3) is 0 Å². The molecular formula is C12H18F3NO. The van der Waals surface area contributed by atoms with Crippen LogP contribution >= 0.6 is 0 Å². The molecule has 0 aromatic heterocycles. The van der Waals surface area contributed by atoms with Gasteiger partial charge in [-0.05, 0) is 30.6 Å². The van der Waals surface area contributed by atoms with Gasteiger partial charge in [-0.2, -0.15) is 13.2 Å². The fraction of sp³-hybridized carbons (Fsp3) is 0.917. The molecule has 2 atom stereocenters. The first-order chi connectivity index (χ1) is 7.87. The molecule has 98 valence electrons. The second-order valence-corrected chi connectivity index (χ2v) is 5.36. The summed E-state index contributed by atoms with van der Waals surface area (Å²) in [5.41, 5.74) is 0. The van der Waals surface area contributed by atoms with Gasteiger partial charge >= 0.3 is 6.18 Å². The van der Waals surface area contributed by atoms with E-state index in [2.05, 4.69) is 0 Å². The van der Waals surface area contributed by atoms with Crippen LogP contribution in [0.3, 0.4) is 0 Å². The first-order valence-corrected chi connectivity index (χ1v) is 6.19. The molecule has 1 aliphatic carbocycles. The summed E-state index contributed by atoms with van der Waals surface area (Å²) >= 11 is 0. The van der Waals surface area contributed by atoms with Crippen molar-refractivity contribution in [2.45, 2.75) is 38.8 Å². The number of carbonyl (C=O) groups is 1. The minimum atomic E-state index is -4.07. The summed E-state index contributed by atoms with van der Waals surface area (Å²) in [6.07, 6.45) is -2.07. The molecule has 1 aliphatic heterocycles. The van der Waals surface area contributed by atoms with E-state index in [1.54, 1.807) is 4.90 Å². The number of nitrogens with zero attached hydrogens (tertiary/aromatic N) is 1. The van der Waals surface area contributed by atoms with Gasteiger partial charge < -0.3 is 4.90 Å². The lowest BCUT2D eigenvalue weighted by Crippen LogP contribution is -2.51. The van der Waals surface area contributed by atoms with E-state index in [1.807, 2.05) is 0 Å². The fourth-order valence-corrected chi connectivity index (χ4v) is 3.41. The number of hydrogen-bond donors (Lipinski definition) is 0. The van der Waals surface area contributed by atoms with Crippen LogP contribution in [0.4, 0.5) is 13.2 Å². The molecule has 5 heteroatoms. The monoisotopic (exact) mass is 249 g/mol. The Morgan fingerprint density at radius 2 is 1.76 bits per heavy atom. The molecule has 1 amide bonds. The van der Waals surface area contributed by atoms with Crippen molar-refractivity contribution >= 4 is 5.91 Å². The van der Waals surface area contributed by atoms with Crippen LogP contribution in [-0.2, 0) is 4.79 Å². The maximum Gasteiger partial charge on any atom is 0.389 e. The summed E-state index contributed by atoms with van der Waals surface area (Å²) in [6.45, 7) is 2.54. The van der Waals surface area contributed by atoms with E-state index in [-0.39, 0.29) is 23.7 Å². The van der Waals surface area contributed by atoms with E-state index < -0.39 is 12.6 Å². The van der Waals surface area contributed by atoms with E-state index in [4.69, 9.17) is 0 Å². The molecule has 0 N–H and O–H groups in total. The molecule has 1 saturated carbocycles. The smallest absolute Gasteiger partial charge is 0.342 e. The Hall–Kier alpha value is -0.740. The van der Waals surface area contributed by atoms with Gasteiger partial charge in [-0.25, -0.2) is 0 Å². The van der Waals surface area contributed by atoms with Gasteiger partial charge in [0.2, 0.25) is 5.91 Å². The molecule has 0 radical (unpaired) electrons. The average molecular weight is 249 g/mol. The molecular weight excluding hydrogens is 231 g/mol. The lowest BCUT2D eigenvalue weighted by atomic mass is 9.67. The molecule has 2 fully saturated rings. The van der Waals surface area contributed by atoms with Crippen molar-refractivity contribution < 1.29 is 18.0 Å². The highest BCUT2D eigenvalue weighted by molar-refractivity contribution is 5.73. The zero-order chi connectivity index (χ0) is 12.6. The highest BCUT2D eigenvalue weighted by Crippen LogP contribution is 2.44. The molecule has 0 aromatic rings. The summed E-state index contributed by atoms with van der Waals surface area (Å²) in [5, 5.41) is 0. The first-order valence-electron chi connectivity index (χ1n) is 6.19. The quantitative estimate of drug-likeness (QED) is 0.699. The molecule has 17 heavy (non-hydrogen) atoms. The van der Waals surface area contributed by atoms with Crippen LogP contribution in [0.1, 0.15) is 32.6 Å². The largest absolute Gasteiger partial charge is 0.389 e. The van der Waals surface area contributed by atoms with Crippen LogP contribution in [0.5, 0.6) is 0 Å². The van der Waals surface area contributed by atoms with Crippen LogP contribution in [0.2, 0.25) is 0 Å². The number of alkyl halides is 3. The standard InChI is InChI=1S/C12H18F3NO/c1-8(17)16-6-9-3-2-4-10(7-16)11(9)5-12(13,14)15/h9-11H,2-7H2,1H3. The number of fused-ring (bicyclic) bond motifs is 2. The molecule has 1 saturated heterocycles. The van der Waals surface area contributed by atoms with Crippen LogP contribution in [-0.4, -0.2) is 30.1 Å². The molecule has 2 bridgehead atoms. The number of hydrogen-bond acceptors (Lipinski definition) is 1. The zero-order valence-electron chi connectivity index (χ0n) is 9.96. The van der Waals surface area contributed by atoms with Crippen molar-refractivity contribution in [2.75, 3.05) is 13.1 Å². The molecule has 1 heterocycles. The molecule has 2 nitrogen and oxygen atoms in total. The Morgan fingerprint density at radius 1 is 1.24 bits per heavy atom. The minimum absolute atomic E-state index is 0.00708. The van der Waals surface area contributed by atoms with Crippen molar-refractivity contribution in [1.82, 2.24) is 4.90 Å². The van der Waals surface area contributed by atoms with Gasteiger partial charge in [-0.1, -0.05) is 6.42 Å². The van der Waals surface area contributed by atoms with Crippen molar-refractivity contribution in [3.05, 3.63) is 0 Å². The van der Waals surface area contributed by atoms with E-state index in [1.165, 1.54) is 6.92 Å². The summed E-state index contributed by atoms with van der Waals surface area (Å²) in [6, 6.07) is 0. The van der Waals surface area contributed by atoms with E-state index in [0.29, 0.717) is 13.1 Å². The van der Waals surface area contributed by atoms with Crippen LogP contribution in [0.25, 0.3) is 0 Å². The average Bonchev–Trinajstić information content (AvgIpc) is 2.13. The molecule has 0 spiro atoms. The van der Waals surface area contributed by atoms with Crippen LogP contribution in [0.15, 0.2) is 0 Å². The highest BCUT2D eigenvalue weighted by Gasteiger charge is 2.45. The predicted octanol–water partition coefficient (Wildman–Crippen LogP) is 2.83. The lowest BCUT2D eigenvalue weighted by molar-refractivity contribution is -0.165. The zero-order valence-corrected chi connectivity index (χ0v) is 9.96. The topological polar surface area (TPSA) is 20.3 Å². The lowest BCUT2D eigenvalue weighted by Gasteiger charge is -2.47. The minimum Gasteiger partial charge on any atom is -0.342 e. The third-order valence-corrected chi connectivity index (χ3v) is 4.18. The third-order valence-electron chi connectivity index (χ3n) is 4.18. The predicted molar refractivity (Wildman–Crippen MR) is 57.2 cm³/mol. The second kappa shape index (κ2) is 4.50. The summed E-state index contributed by atoms with van der Waals surface area (Å²) in [7, 11) is 0. The maximum absolute atomic E-state index is 12.5. The number of halogens is 3. The van der Waals surface area contributed by atoms with Crippen molar-refractivity contribution in [1.29, 1.82) is 0 Å². The number of amides is 1. The fourth-order valence-electron chi connectivity index (χ4n) is 3.41. The number of likely N-dealkylation sites (tertiary alicyclic amines) is 1. The van der Waals surface area contributed by atoms with E-state index in [0.717, 1.165) is 19.3 Å². The first kappa shape index (κ1) is 12.7. The van der Waals surface area contributed by atoms with Crippen LogP contribution in [0, 0.1) is 17.8 Å². The Labute approximate surface area is 99.2 Å². The van der Waals surface area contributed by atoms with Gasteiger partial charge in [0.15, 0.2) is 0 Å². The van der Waals surface area contributed by atoms with Gasteiger partial charge in [-0.3, -0.25) is 4.79 Å². The summed E-state index contributed by atoms with van der Waals surface area (Å²) in [5.74, 6) is -0.173. The van der Waals surface area contributed by atoms with Gasteiger partial charge in [-0.15, -0.1) is 0 Å². The Morgan fingerprint density at radius 3 is 2.18 bits per heavy atom. The van der Waals surface area contributed by atoms with Gasteiger partial charge in [0, 0.05) is 26.4 Å². The molecule has 2 rings (SSSR count). The van der Waals surface area contributed by atoms with Crippen molar-refractivity contribution in [2.24, 2.45) is 17.8 Å². The molecule has 0 aromatic carbocycles.